The maximum Gasteiger partial charge on any atom is 0.306 e. The third kappa shape index (κ3) is 3.46. The van der Waals surface area contributed by atoms with Crippen molar-refractivity contribution in [3.05, 3.63) is 47.0 Å². The number of benzene rings is 1. The maximum atomic E-state index is 13.7. The van der Waals surface area contributed by atoms with E-state index in [0.717, 1.165) is 36.9 Å². The van der Waals surface area contributed by atoms with Crippen molar-refractivity contribution >= 4 is 11.9 Å². The van der Waals surface area contributed by atoms with Gasteiger partial charge in [-0.15, -0.1) is 0 Å². The van der Waals surface area contributed by atoms with Crippen LogP contribution >= 0.6 is 0 Å². The lowest BCUT2D eigenvalue weighted by molar-refractivity contribution is -0.141. The van der Waals surface area contributed by atoms with Crippen LogP contribution < -0.4 is 5.32 Å². The molecule has 2 aromatic rings. The van der Waals surface area contributed by atoms with Crippen molar-refractivity contribution in [2.45, 2.75) is 51.0 Å². The molecule has 6 nitrogen and oxygen atoms in total. The minimum Gasteiger partial charge on any atom is -0.481 e. The van der Waals surface area contributed by atoms with Crippen LogP contribution in [0.1, 0.15) is 53.8 Å². The Morgan fingerprint density at radius 3 is 2.78 bits per heavy atom. The SMILES string of the molecule is O=C(N[C@H]1CC[C@@H](C(=O)O)C1)c1nn(-c2cccc(F)c2)c2c1CCCC2. The molecule has 27 heavy (non-hydrogen) atoms. The molecule has 1 amide bonds. The number of hydrogen-bond acceptors (Lipinski definition) is 3. The average molecular weight is 371 g/mol. The lowest BCUT2D eigenvalue weighted by Gasteiger charge is -2.15. The third-order valence-electron chi connectivity index (χ3n) is 5.57. The number of amides is 1. The van der Waals surface area contributed by atoms with E-state index in [4.69, 9.17) is 5.11 Å². The number of aliphatic carboxylic acids is 1. The van der Waals surface area contributed by atoms with Gasteiger partial charge in [0.25, 0.3) is 5.91 Å². The Hall–Kier alpha value is -2.70. The Morgan fingerprint density at radius 1 is 1.22 bits per heavy atom. The molecule has 0 aliphatic heterocycles. The summed E-state index contributed by atoms with van der Waals surface area (Å²) in [5.74, 6) is -1.81. The third-order valence-corrected chi connectivity index (χ3v) is 5.57. The van der Waals surface area contributed by atoms with Crippen LogP contribution in [0.15, 0.2) is 24.3 Å². The number of nitrogens with one attached hydrogen (secondary N) is 1. The molecule has 2 atom stereocenters. The van der Waals surface area contributed by atoms with E-state index < -0.39 is 11.9 Å². The lowest BCUT2D eigenvalue weighted by atomic mass is 9.95. The van der Waals surface area contributed by atoms with Crippen LogP contribution in [-0.4, -0.2) is 32.8 Å². The molecule has 0 radical (unpaired) electrons. The Balaban J connectivity index is 1.61. The van der Waals surface area contributed by atoms with Crippen LogP contribution in [-0.2, 0) is 17.6 Å². The Bertz CT molecular complexity index is 893. The molecular weight excluding hydrogens is 349 g/mol. The molecular formula is C20H22FN3O3. The van der Waals surface area contributed by atoms with Crippen molar-refractivity contribution in [3.63, 3.8) is 0 Å². The first-order valence-electron chi connectivity index (χ1n) is 9.43. The number of carbonyl (C=O) groups is 2. The Morgan fingerprint density at radius 2 is 2.04 bits per heavy atom. The van der Waals surface area contributed by atoms with Gasteiger partial charge in [0.2, 0.25) is 0 Å². The van der Waals surface area contributed by atoms with E-state index in [0.29, 0.717) is 30.6 Å². The molecule has 7 heteroatoms. The van der Waals surface area contributed by atoms with Crippen LogP contribution in [0.5, 0.6) is 0 Å². The van der Waals surface area contributed by atoms with E-state index in [1.165, 1.54) is 12.1 Å². The number of aromatic nitrogens is 2. The molecule has 0 unspecified atom stereocenters. The summed E-state index contributed by atoms with van der Waals surface area (Å²) in [6.45, 7) is 0. The summed E-state index contributed by atoms with van der Waals surface area (Å²) in [5.41, 5.74) is 2.88. The summed E-state index contributed by atoms with van der Waals surface area (Å²) < 4.78 is 15.3. The zero-order valence-electron chi connectivity index (χ0n) is 14.9. The molecule has 142 valence electrons. The average Bonchev–Trinajstić information content (AvgIpc) is 3.26. The number of halogens is 1. The van der Waals surface area contributed by atoms with Gasteiger partial charge in [-0.25, -0.2) is 9.07 Å². The fourth-order valence-electron chi connectivity index (χ4n) is 4.19. The van der Waals surface area contributed by atoms with Crippen molar-refractivity contribution in [1.82, 2.24) is 15.1 Å². The first-order chi connectivity index (χ1) is 13.0. The Kier molecular flexibility index (Phi) is 4.68. The van der Waals surface area contributed by atoms with Crippen LogP contribution in [0.3, 0.4) is 0 Å². The molecule has 2 N–H and O–H groups in total. The van der Waals surface area contributed by atoms with Gasteiger partial charge in [-0.2, -0.15) is 5.10 Å². The fourth-order valence-corrected chi connectivity index (χ4v) is 4.19. The van der Waals surface area contributed by atoms with Crippen molar-refractivity contribution in [2.75, 3.05) is 0 Å². The van der Waals surface area contributed by atoms with E-state index in [1.54, 1.807) is 16.8 Å². The molecule has 0 bridgehead atoms. The van der Waals surface area contributed by atoms with E-state index in [1.807, 2.05) is 0 Å². The molecule has 2 aliphatic carbocycles. The van der Waals surface area contributed by atoms with E-state index >= 15 is 0 Å². The monoisotopic (exact) mass is 371 g/mol. The topological polar surface area (TPSA) is 84.2 Å². The first-order valence-corrected chi connectivity index (χ1v) is 9.43. The zero-order chi connectivity index (χ0) is 19.0. The largest absolute Gasteiger partial charge is 0.481 e. The summed E-state index contributed by atoms with van der Waals surface area (Å²) in [7, 11) is 0. The van der Waals surface area contributed by atoms with Gasteiger partial charge in [0.15, 0.2) is 5.69 Å². The summed E-state index contributed by atoms with van der Waals surface area (Å²) in [5, 5.41) is 16.6. The normalized spacial score (nSPS) is 21.7. The number of fused-ring (bicyclic) bond motifs is 1. The van der Waals surface area contributed by atoms with Gasteiger partial charge in [-0.05, 0) is 63.1 Å². The number of carboxylic acid groups (broad SMARTS) is 1. The van der Waals surface area contributed by atoms with Gasteiger partial charge < -0.3 is 10.4 Å². The summed E-state index contributed by atoms with van der Waals surface area (Å²) >= 11 is 0. The maximum absolute atomic E-state index is 13.7. The highest BCUT2D eigenvalue weighted by Crippen LogP contribution is 2.29. The van der Waals surface area contributed by atoms with Crippen molar-refractivity contribution in [2.24, 2.45) is 5.92 Å². The molecule has 1 saturated carbocycles. The van der Waals surface area contributed by atoms with Gasteiger partial charge >= 0.3 is 5.97 Å². The van der Waals surface area contributed by atoms with Crippen LogP contribution in [0.2, 0.25) is 0 Å². The molecule has 1 fully saturated rings. The molecule has 1 aromatic carbocycles. The van der Waals surface area contributed by atoms with E-state index in [-0.39, 0.29) is 17.8 Å². The lowest BCUT2D eigenvalue weighted by Crippen LogP contribution is -2.34. The predicted octanol–water partition coefficient (Wildman–Crippen LogP) is 2.87. The predicted molar refractivity (Wildman–Crippen MR) is 96.4 cm³/mol. The molecule has 4 rings (SSSR count). The smallest absolute Gasteiger partial charge is 0.306 e. The van der Waals surface area contributed by atoms with Gasteiger partial charge in [0.05, 0.1) is 11.6 Å². The summed E-state index contributed by atoms with van der Waals surface area (Å²) in [6.07, 6.45) is 5.27. The van der Waals surface area contributed by atoms with Crippen molar-refractivity contribution < 1.29 is 19.1 Å². The number of carbonyl (C=O) groups excluding carboxylic acids is 1. The molecule has 0 spiro atoms. The quantitative estimate of drug-likeness (QED) is 0.866. The molecule has 0 saturated heterocycles. The highest BCUT2D eigenvalue weighted by molar-refractivity contribution is 5.94. The first kappa shape index (κ1) is 17.7. The summed E-state index contributed by atoms with van der Waals surface area (Å²) in [6, 6.07) is 6.06. The van der Waals surface area contributed by atoms with E-state index in [2.05, 4.69) is 10.4 Å². The summed E-state index contributed by atoms with van der Waals surface area (Å²) in [4.78, 5) is 24.0. The van der Waals surface area contributed by atoms with Crippen LogP contribution in [0, 0.1) is 11.7 Å². The second-order valence-electron chi connectivity index (χ2n) is 7.39. The minimum atomic E-state index is -0.806. The van der Waals surface area contributed by atoms with Gasteiger partial charge in [-0.3, -0.25) is 9.59 Å². The van der Waals surface area contributed by atoms with Gasteiger partial charge in [-0.1, -0.05) is 6.07 Å². The fraction of sp³-hybridized carbons (Fsp3) is 0.450. The highest BCUT2D eigenvalue weighted by Gasteiger charge is 2.32. The minimum absolute atomic E-state index is 0.142. The molecule has 1 heterocycles. The number of rotatable bonds is 4. The zero-order valence-corrected chi connectivity index (χ0v) is 14.9. The standard InChI is InChI=1S/C20H22FN3O3/c21-13-4-3-5-15(11-13)24-17-7-2-1-6-16(17)18(23-24)19(25)22-14-9-8-12(10-14)20(26)27/h3-5,11-12,14H,1-2,6-10H2,(H,22,25)(H,26,27)/t12-,14+/m1/s1. The second-order valence-corrected chi connectivity index (χ2v) is 7.39. The molecule has 1 aromatic heterocycles. The Labute approximate surface area is 156 Å². The highest BCUT2D eigenvalue weighted by atomic mass is 19.1. The van der Waals surface area contributed by atoms with E-state index in [9.17, 15) is 14.0 Å². The second kappa shape index (κ2) is 7.13. The van der Waals surface area contributed by atoms with Crippen LogP contribution in [0.25, 0.3) is 5.69 Å². The molecule has 2 aliphatic rings. The van der Waals surface area contributed by atoms with Gasteiger partial charge in [0.1, 0.15) is 5.82 Å². The van der Waals surface area contributed by atoms with Gasteiger partial charge in [0, 0.05) is 17.3 Å². The number of hydrogen-bond donors (Lipinski definition) is 2. The number of nitrogens with zero attached hydrogens (tertiary/aromatic N) is 2. The number of carboxylic acids is 1. The van der Waals surface area contributed by atoms with Crippen molar-refractivity contribution in [3.8, 4) is 5.69 Å². The van der Waals surface area contributed by atoms with Crippen LogP contribution in [0.4, 0.5) is 4.39 Å². The van der Waals surface area contributed by atoms with Crippen molar-refractivity contribution in [1.29, 1.82) is 0 Å².